The van der Waals surface area contributed by atoms with Crippen LogP contribution in [-0.4, -0.2) is 3.21 Å². The van der Waals surface area contributed by atoms with Gasteiger partial charge >= 0.3 is 231 Å². The zero-order chi connectivity index (χ0) is 26.2. The molecule has 0 aromatic heterocycles. The van der Waals surface area contributed by atoms with Crippen LogP contribution in [0.25, 0.3) is 23.3 Å². The van der Waals surface area contributed by atoms with E-state index in [9.17, 15) is 8.78 Å². The maximum absolute atomic E-state index is 14.7. The van der Waals surface area contributed by atoms with Crippen LogP contribution in [0.1, 0.15) is 43.4 Å². The number of halogens is 4. The summed E-state index contributed by atoms with van der Waals surface area (Å²) in [6.45, 7) is 7.98. The van der Waals surface area contributed by atoms with Gasteiger partial charge in [0.25, 0.3) is 0 Å². The van der Waals surface area contributed by atoms with E-state index < -0.39 is 21.3 Å². The molecule has 2 aliphatic carbocycles. The van der Waals surface area contributed by atoms with Crippen LogP contribution in [0.3, 0.4) is 0 Å². The van der Waals surface area contributed by atoms with Crippen molar-refractivity contribution >= 4 is 15.4 Å². The van der Waals surface area contributed by atoms with Crippen LogP contribution in [0.2, 0.25) is 0 Å². The molecule has 0 spiro atoms. The second-order valence-electron chi connectivity index (χ2n) is 9.67. The normalized spacial score (nSPS) is 12.7. The summed E-state index contributed by atoms with van der Waals surface area (Å²) >= 11 is -2.97. The molecule has 0 saturated carbocycles. The molecule has 0 unspecified atom stereocenters. The molecule has 198 valence electrons. The average Bonchev–Trinajstić information content (AvgIpc) is 3.58. The quantitative estimate of drug-likeness (QED) is 0.303. The predicted octanol–water partition coefficient (Wildman–Crippen LogP) is 3.06. The van der Waals surface area contributed by atoms with Gasteiger partial charge in [-0.1, -0.05) is 0 Å². The third-order valence-electron chi connectivity index (χ3n) is 7.44. The Morgan fingerprint density at radius 3 is 1.68 bits per heavy atom. The van der Waals surface area contributed by atoms with E-state index in [2.05, 4.69) is 67.8 Å². The number of rotatable bonds is 6. The van der Waals surface area contributed by atoms with E-state index >= 15 is 0 Å². The summed E-state index contributed by atoms with van der Waals surface area (Å²) in [4.78, 5) is 0. The van der Waals surface area contributed by atoms with Crippen molar-refractivity contribution in [1.29, 1.82) is 0 Å². The second kappa shape index (κ2) is 12.7. The zero-order valence-corrected chi connectivity index (χ0v) is 25.7. The summed E-state index contributed by atoms with van der Waals surface area (Å²) in [6, 6.07) is 26.8. The topological polar surface area (TPSA) is 0 Å². The Hall–Kier alpha value is -2.97. The van der Waals surface area contributed by atoms with Crippen LogP contribution in [0.4, 0.5) is 8.78 Å². The minimum atomic E-state index is -2.97. The van der Waals surface area contributed by atoms with Crippen molar-refractivity contribution in [2.24, 2.45) is 0 Å². The van der Waals surface area contributed by atoms with Gasteiger partial charge < -0.3 is 24.8 Å². The van der Waals surface area contributed by atoms with E-state index in [0.29, 0.717) is 0 Å². The molecule has 0 nitrogen and oxygen atoms in total. The first kappa shape index (κ1) is 30.0. The van der Waals surface area contributed by atoms with Crippen LogP contribution in [0.5, 0.6) is 0 Å². The van der Waals surface area contributed by atoms with Gasteiger partial charge in [0.05, 0.1) is 0 Å². The predicted molar refractivity (Wildman–Crippen MR) is 152 cm³/mol. The van der Waals surface area contributed by atoms with Crippen molar-refractivity contribution in [2.75, 3.05) is 0 Å². The summed E-state index contributed by atoms with van der Waals surface area (Å²) < 4.78 is 32.0. The third kappa shape index (κ3) is 5.48. The SMILES string of the molecule is C=Cc1ccc2c(c1)-c1cc(C=C)ccc1[CH]2[Zr+2]([C]1=CC=CC1)=[C](c1cccc(F)c1)c1cccc(F)c1.[Cl-].[Cl-]. The summed E-state index contributed by atoms with van der Waals surface area (Å²) in [6.07, 6.45) is 11.2. The van der Waals surface area contributed by atoms with Gasteiger partial charge in [-0.05, 0) is 0 Å². The minimum absolute atomic E-state index is 0. The van der Waals surface area contributed by atoms with Crippen molar-refractivity contribution < 1.29 is 54.9 Å². The Bertz CT molecular complexity index is 1610. The van der Waals surface area contributed by atoms with Gasteiger partial charge in [0, 0.05) is 0 Å². The molecule has 0 amide bonds. The monoisotopic (exact) mass is 644 g/mol. The smallest absolute Gasteiger partial charge is 1.00 e. The molecule has 0 atom stereocenters. The molecule has 0 aliphatic heterocycles. The summed E-state index contributed by atoms with van der Waals surface area (Å²) in [5.41, 5.74) is 8.86. The van der Waals surface area contributed by atoms with Crippen LogP contribution >= 0.6 is 0 Å². The van der Waals surface area contributed by atoms with Gasteiger partial charge in [0.15, 0.2) is 0 Å². The molecule has 0 saturated heterocycles. The molecular weight excluding hydrogens is 621 g/mol. The van der Waals surface area contributed by atoms with Crippen molar-refractivity contribution in [2.45, 2.75) is 10.0 Å². The molecule has 5 heteroatoms. The Morgan fingerprint density at radius 1 is 0.725 bits per heavy atom. The maximum Gasteiger partial charge on any atom is -1.00 e. The van der Waals surface area contributed by atoms with Crippen LogP contribution < -0.4 is 24.8 Å². The summed E-state index contributed by atoms with van der Waals surface area (Å²) in [5, 5.41) is 0. The first-order chi connectivity index (χ1) is 18.6. The molecule has 4 aromatic carbocycles. The third-order valence-corrected chi connectivity index (χ3v) is 15.7. The molecule has 6 rings (SSSR count). The number of benzene rings is 4. The van der Waals surface area contributed by atoms with Gasteiger partial charge in [0.2, 0.25) is 0 Å². The van der Waals surface area contributed by atoms with Gasteiger partial charge in [-0.25, -0.2) is 0 Å². The van der Waals surface area contributed by atoms with Crippen molar-refractivity contribution in [3.05, 3.63) is 165 Å². The Balaban J connectivity index is 0.00000185. The number of fused-ring (bicyclic) bond motifs is 3. The van der Waals surface area contributed by atoms with Crippen LogP contribution in [-0.2, 0) is 21.3 Å². The van der Waals surface area contributed by atoms with Gasteiger partial charge in [-0.15, -0.1) is 0 Å². The molecule has 0 radical (unpaired) electrons. The fourth-order valence-corrected chi connectivity index (χ4v) is 14.7. The molecule has 4 aromatic rings. The van der Waals surface area contributed by atoms with E-state index in [1.165, 1.54) is 37.7 Å². The molecule has 2 aliphatic rings. The van der Waals surface area contributed by atoms with Gasteiger partial charge in [-0.2, -0.15) is 0 Å². The van der Waals surface area contributed by atoms with E-state index in [1.807, 2.05) is 24.3 Å². The van der Waals surface area contributed by atoms with Crippen molar-refractivity contribution in [1.82, 2.24) is 0 Å². The Morgan fingerprint density at radius 2 is 1.25 bits per heavy atom. The van der Waals surface area contributed by atoms with Crippen LogP contribution in [0.15, 0.2) is 120 Å². The van der Waals surface area contributed by atoms with E-state index in [-0.39, 0.29) is 40.1 Å². The van der Waals surface area contributed by atoms with Gasteiger partial charge in [-0.3, -0.25) is 0 Å². The number of hydrogen-bond donors (Lipinski definition) is 0. The first-order valence-corrected chi connectivity index (χ1v) is 16.6. The van der Waals surface area contributed by atoms with Gasteiger partial charge in [0.1, 0.15) is 0 Å². The second-order valence-corrected chi connectivity index (χ2v) is 15.9. The molecular formula is C35H26Cl2F2Zr. The standard InChI is InChI=1S/C17H13.C13H8F2.C5H5.2ClH.Zr/c1-3-12-5-7-14-11-15-8-6-13(4-2)10-17(15)16(14)9-12;14-12-5-1-3-10(8-12)7-11-4-2-6-13(15)9-11;1-2-4-5-3-1;;;/h3-11H,1-2H2;1-6,8-9H;1-3H,4H2;2*1H;/q;;;;;+2/p-2. The maximum atomic E-state index is 14.7. The fourth-order valence-electron chi connectivity index (χ4n) is 5.75. The first-order valence-electron chi connectivity index (χ1n) is 12.7. The molecule has 0 heterocycles. The van der Waals surface area contributed by atoms with E-state index in [0.717, 1.165) is 31.9 Å². The zero-order valence-electron chi connectivity index (χ0n) is 21.7. The molecule has 40 heavy (non-hydrogen) atoms. The molecule has 0 bridgehead atoms. The summed E-state index contributed by atoms with van der Waals surface area (Å²) in [5.74, 6) is -0.563. The molecule has 0 N–H and O–H groups in total. The number of hydrogen-bond acceptors (Lipinski definition) is 0. The Kier molecular flexibility index (Phi) is 9.52. The Labute approximate surface area is 254 Å². The largest absolute Gasteiger partial charge is 1.00 e. The molecule has 0 fully saturated rings. The summed E-state index contributed by atoms with van der Waals surface area (Å²) in [7, 11) is 0. The van der Waals surface area contributed by atoms with Crippen molar-refractivity contribution in [3.8, 4) is 11.1 Å². The van der Waals surface area contributed by atoms with E-state index in [1.54, 1.807) is 24.3 Å². The fraction of sp³-hybridized carbons (Fsp3) is 0.0571. The minimum Gasteiger partial charge on any atom is -1.00 e. The van der Waals surface area contributed by atoms with E-state index in [4.69, 9.17) is 0 Å². The number of allylic oxidation sites excluding steroid dienone is 4. The van der Waals surface area contributed by atoms with Crippen LogP contribution in [0, 0.1) is 11.6 Å². The average molecular weight is 647 g/mol. The van der Waals surface area contributed by atoms with Crippen molar-refractivity contribution in [3.63, 3.8) is 0 Å².